The van der Waals surface area contributed by atoms with Crippen molar-refractivity contribution in [3.05, 3.63) is 33.3 Å². The van der Waals surface area contributed by atoms with E-state index in [9.17, 15) is 0 Å². The number of rotatable bonds is 2. The molecule has 0 saturated carbocycles. The molecule has 1 aliphatic rings. The van der Waals surface area contributed by atoms with Crippen LogP contribution in [0.1, 0.15) is 24.4 Å². The third-order valence-electron chi connectivity index (χ3n) is 3.59. The van der Waals surface area contributed by atoms with E-state index in [2.05, 4.69) is 40.0 Å². The Hall–Kier alpha value is -0.0900. The van der Waals surface area contributed by atoms with Crippen LogP contribution in [0.5, 0.6) is 0 Å². The van der Waals surface area contributed by atoms with Crippen molar-refractivity contribution >= 4 is 27.5 Å². The lowest BCUT2D eigenvalue weighted by atomic mass is 9.85. The molecule has 2 rings (SSSR count). The fourth-order valence-corrected chi connectivity index (χ4v) is 3.52. The molecule has 4 heteroatoms. The molecule has 1 saturated heterocycles. The van der Waals surface area contributed by atoms with Gasteiger partial charge in [0, 0.05) is 15.5 Å². The van der Waals surface area contributed by atoms with E-state index in [1.54, 1.807) is 0 Å². The average molecular weight is 318 g/mol. The Morgan fingerprint density at radius 1 is 1.53 bits per heavy atom. The molecule has 17 heavy (non-hydrogen) atoms. The van der Waals surface area contributed by atoms with Crippen molar-refractivity contribution in [1.82, 2.24) is 4.90 Å². The van der Waals surface area contributed by atoms with Crippen LogP contribution in [0.4, 0.5) is 0 Å². The van der Waals surface area contributed by atoms with Crippen molar-refractivity contribution in [3.8, 4) is 0 Å². The van der Waals surface area contributed by atoms with E-state index in [1.807, 2.05) is 6.07 Å². The first kappa shape index (κ1) is 13.3. The van der Waals surface area contributed by atoms with Gasteiger partial charge in [0.1, 0.15) is 0 Å². The van der Waals surface area contributed by atoms with Crippen molar-refractivity contribution < 1.29 is 0 Å². The Morgan fingerprint density at radius 2 is 2.29 bits per heavy atom. The smallest absolute Gasteiger partial charge is 0.0465 e. The van der Waals surface area contributed by atoms with Gasteiger partial charge in [-0.2, -0.15) is 0 Å². The summed E-state index contributed by atoms with van der Waals surface area (Å²) >= 11 is 9.80. The second-order valence-electron chi connectivity index (χ2n) is 4.73. The summed E-state index contributed by atoms with van der Waals surface area (Å²) in [6, 6.07) is 6.49. The number of likely N-dealkylation sites (tertiary alicyclic amines) is 1. The lowest BCUT2D eigenvalue weighted by molar-refractivity contribution is 0.125. The van der Waals surface area contributed by atoms with Crippen LogP contribution in [-0.2, 0) is 0 Å². The first-order valence-electron chi connectivity index (χ1n) is 5.98. The van der Waals surface area contributed by atoms with Gasteiger partial charge in [-0.25, -0.2) is 0 Å². The van der Waals surface area contributed by atoms with Crippen molar-refractivity contribution in [3.63, 3.8) is 0 Å². The number of piperidine rings is 1. The van der Waals surface area contributed by atoms with Crippen molar-refractivity contribution in [2.45, 2.75) is 18.9 Å². The topological polar surface area (TPSA) is 29.3 Å². The maximum atomic E-state index is 6.35. The predicted molar refractivity (Wildman–Crippen MR) is 76.3 cm³/mol. The molecular weight excluding hydrogens is 300 g/mol. The Kier molecular flexibility index (Phi) is 4.47. The number of nitrogens with zero attached hydrogens (tertiary/aromatic N) is 1. The van der Waals surface area contributed by atoms with E-state index in [1.165, 1.54) is 18.4 Å². The highest BCUT2D eigenvalue weighted by molar-refractivity contribution is 9.10. The summed E-state index contributed by atoms with van der Waals surface area (Å²) in [5.74, 6) is 0.507. The monoisotopic (exact) mass is 316 g/mol. The van der Waals surface area contributed by atoms with Gasteiger partial charge in [0.2, 0.25) is 0 Å². The van der Waals surface area contributed by atoms with E-state index in [0.29, 0.717) is 12.0 Å². The highest BCUT2D eigenvalue weighted by Crippen LogP contribution is 2.38. The molecule has 0 amide bonds. The van der Waals surface area contributed by atoms with Gasteiger partial charge in [-0.1, -0.05) is 33.6 Å². The first-order valence-corrected chi connectivity index (χ1v) is 7.16. The maximum Gasteiger partial charge on any atom is 0.0465 e. The van der Waals surface area contributed by atoms with Gasteiger partial charge in [-0.15, -0.1) is 0 Å². The van der Waals surface area contributed by atoms with Crippen LogP contribution in [0.25, 0.3) is 0 Å². The predicted octanol–water partition coefficient (Wildman–Crippen LogP) is 3.44. The molecule has 2 atom stereocenters. The molecule has 2 nitrogen and oxygen atoms in total. The van der Waals surface area contributed by atoms with E-state index in [0.717, 1.165) is 22.6 Å². The standard InChI is InChI=1S/C13H18BrClN2/c1-17-6-2-3-9(8-16)13(17)11-5-4-10(14)7-12(11)15/h4-5,7,9,13H,2-3,6,8,16H2,1H3. The molecule has 1 fully saturated rings. The van der Waals surface area contributed by atoms with Crippen LogP contribution in [0.3, 0.4) is 0 Å². The minimum Gasteiger partial charge on any atom is -0.330 e. The molecule has 1 aliphatic heterocycles. The van der Waals surface area contributed by atoms with Gasteiger partial charge in [-0.05, 0) is 56.6 Å². The largest absolute Gasteiger partial charge is 0.330 e. The van der Waals surface area contributed by atoms with Gasteiger partial charge in [0.05, 0.1) is 0 Å². The summed E-state index contributed by atoms with van der Waals surface area (Å²) < 4.78 is 1.02. The molecule has 1 heterocycles. The molecule has 0 spiro atoms. The molecule has 0 aromatic heterocycles. The number of hydrogen-bond acceptors (Lipinski definition) is 2. The van der Waals surface area contributed by atoms with Crippen LogP contribution < -0.4 is 5.73 Å². The van der Waals surface area contributed by atoms with Gasteiger partial charge in [0.25, 0.3) is 0 Å². The zero-order valence-corrected chi connectivity index (χ0v) is 12.3. The maximum absolute atomic E-state index is 6.35. The van der Waals surface area contributed by atoms with E-state index >= 15 is 0 Å². The highest BCUT2D eigenvalue weighted by atomic mass is 79.9. The van der Waals surface area contributed by atoms with Crippen LogP contribution in [0.15, 0.2) is 22.7 Å². The molecule has 2 N–H and O–H groups in total. The zero-order chi connectivity index (χ0) is 12.4. The number of nitrogens with two attached hydrogens (primary N) is 1. The van der Waals surface area contributed by atoms with Gasteiger partial charge < -0.3 is 5.73 Å². The summed E-state index contributed by atoms with van der Waals surface area (Å²) in [4.78, 5) is 2.37. The second-order valence-corrected chi connectivity index (χ2v) is 6.05. The zero-order valence-electron chi connectivity index (χ0n) is 10.00. The summed E-state index contributed by atoms with van der Waals surface area (Å²) in [5, 5.41) is 0.830. The number of hydrogen-bond donors (Lipinski definition) is 1. The van der Waals surface area contributed by atoms with Crippen LogP contribution in [0, 0.1) is 5.92 Å². The fourth-order valence-electron chi connectivity index (χ4n) is 2.74. The normalized spacial score (nSPS) is 26.1. The molecule has 0 radical (unpaired) electrons. The average Bonchev–Trinajstić information content (AvgIpc) is 2.30. The van der Waals surface area contributed by atoms with Crippen LogP contribution >= 0.6 is 27.5 Å². The lowest BCUT2D eigenvalue weighted by Crippen LogP contribution is -2.39. The van der Waals surface area contributed by atoms with Gasteiger partial charge >= 0.3 is 0 Å². The Morgan fingerprint density at radius 3 is 2.94 bits per heavy atom. The van der Waals surface area contributed by atoms with Gasteiger partial charge in [-0.3, -0.25) is 4.90 Å². The first-order chi connectivity index (χ1) is 8.13. The Balaban J connectivity index is 2.34. The molecule has 0 bridgehead atoms. The molecule has 1 aromatic rings. The lowest BCUT2D eigenvalue weighted by Gasteiger charge is -2.39. The number of halogens is 2. The SMILES string of the molecule is CN1CCCC(CN)C1c1ccc(Br)cc1Cl. The van der Waals surface area contributed by atoms with Crippen molar-refractivity contribution in [2.75, 3.05) is 20.1 Å². The summed E-state index contributed by atoms with van der Waals surface area (Å²) in [5.41, 5.74) is 7.10. The molecule has 2 unspecified atom stereocenters. The molecule has 94 valence electrons. The highest BCUT2D eigenvalue weighted by Gasteiger charge is 2.30. The van der Waals surface area contributed by atoms with Crippen molar-refractivity contribution in [2.24, 2.45) is 11.7 Å². The van der Waals surface area contributed by atoms with Crippen LogP contribution in [0.2, 0.25) is 5.02 Å². The quantitative estimate of drug-likeness (QED) is 0.905. The van der Waals surface area contributed by atoms with E-state index in [4.69, 9.17) is 17.3 Å². The third kappa shape index (κ3) is 2.84. The second kappa shape index (κ2) is 5.70. The van der Waals surface area contributed by atoms with E-state index < -0.39 is 0 Å². The summed E-state index contributed by atoms with van der Waals surface area (Å²) in [6.07, 6.45) is 2.42. The minimum absolute atomic E-state index is 0.356. The Labute approximate surface area is 116 Å². The van der Waals surface area contributed by atoms with Gasteiger partial charge in [0.15, 0.2) is 0 Å². The molecule has 0 aliphatic carbocycles. The summed E-state index contributed by atoms with van der Waals surface area (Å²) in [6.45, 7) is 1.84. The third-order valence-corrected chi connectivity index (χ3v) is 4.41. The Bertz CT molecular complexity index is 397. The minimum atomic E-state index is 0.356. The number of benzene rings is 1. The van der Waals surface area contributed by atoms with Crippen molar-refractivity contribution in [1.29, 1.82) is 0 Å². The fraction of sp³-hybridized carbons (Fsp3) is 0.538. The van der Waals surface area contributed by atoms with Crippen LogP contribution in [-0.4, -0.2) is 25.0 Å². The summed E-state index contributed by atoms with van der Waals surface area (Å²) in [7, 11) is 2.16. The molecule has 1 aromatic carbocycles. The molecular formula is C13H18BrClN2. The van der Waals surface area contributed by atoms with E-state index in [-0.39, 0.29) is 0 Å².